The van der Waals surface area contributed by atoms with Crippen LogP contribution in [0.25, 0.3) is 22.1 Å². The lowest BCUT2D eigenvalue weighted by molar-refractivity contribution is -0.308. The van der Waals surface area contributed by atoms with Gasteiger partial charge >= 0.3 is 10.5 Å². The van der Waals surface area contributed by atoms with Crippen molar-refractivity contribution < 1.29 is 4.98 Å². The second-order valence-corrected chi connectivity index (χ2v) is 7.00. The van der Waals surface area contributed by atoms with E-state index in [0.717, 1.165) is 25.4 Å². The number of thiazole rings is 1. The van der Waals surface area contributed by atoms with Crippen LogP contribution in [0.5, 0.6) is 0 Å². The molecule has 20 heavy (non-hydrogen) atoms. The number of aromatic nitrogens is 2. The van der Waals surface area contributed by atoms with Crippen molar-refractivity contribution in [2.75, 3.05) is 0 Å². The molecular weight excluding hydrogens is 288 g/mol. The second kappa shape index (κ2) is 4.26. The third-order valence-corrected chi connectivity index (χ3v) is 5.18. The smallest absolute Gasteiger partial charge is 0.239 e. The van der Waals surface area contributed by atoms with E-state index in [4.69, 9.17) is 0 Å². The van der Waals surface area contributed by atoms with Gasteiger partial charge < -0.3 is 0 Å². The number of rotatable bonds is 1. The van der Waals surface area contributed by atoms with Gasteiger partial charge in [-0.05, 0) is 48.6 Å². The predicted octanol–water partition coefficient (Wildman–Crippen LogP) is 2.25. The van der Waals surface area contributed by atoms with Crippen molar-refractivity contribution >= 4 is 44.7 Å². The number of fused-ring (bicyclic) bond motifs is 3. The molecule has 4 rings (SSSR count). The Labute approximate surface area is 122 Å². The molecule has 1 N–H and O–H groups in total. The number of aryl methyl sites for hydroxylation is 1. The maximum Gasteiger partial charge on any atom is 0.357 e. The molecule has 0 spiro atoms. The molecule has 3 nitrogen and oxygen atoms in total. The first-order valence-corrected chi connectivity index (χ1v) is 7.89. The van der Waals surface area contributed by atoms with Gasteiger partial charge in [0.05, 0.1) is 0 Å². The SMILES string of the molecule is Cc1ccc(C=c2sc3[nH+]c4ccccc4n3c2=O)s1. The van der Waals surface area contributed by atoms with E-state index in [-0.39, 0.29) is 5.56 Å². The highest BCUT2D eigenvalue weighted by atomic mass is 32.1. The molecule has 0 atom stereocenters. The third-order valence-electron chi connectivity index (χ3n) is 3.24. The number of hydrogen-bond acceptors (Lipinski definition) is 3. The summed E-state index contributed by atoms with van der Waals surface area (Å²) in [6.07, 6.45) is 1.97. The average Bonchev–Trinajstić information content (AvgIpc) is 3.07. The Kier molecular flexibility index (Phi) is 2.52. The zero-order valence-corrected chi connectivity index (χ0v) is 12.3. The van der Waals surface area contributed by atoms with Crippen molar-refractivity contribution in [1.29, 1.82) is 0 Å². The van der Waals surface area contributed by atoms with E-state index < -0.39 is 0 Å². The summed E-state index contributed by atoms with van der Waals surface area (Å²) in [5, 5.41) is 0. The Morgan fingerprint density at radius 1 is 1.15 bits per heavy atom. The van der Waals surface area contributed by atoms with Crippen molar-refractivity contribution in [1.82, 2.24) is 4.40 Å². The molecule has 0 bridgehead atoms. The van der Waals surface area contributed by atoms with Crippen LogP contribution in [0.2, 0.25) is 0 Å². The molecule has 0 radical (unpaired) electrons. The molecule has 1 aromatic carbocycles. The lowest BCUT2D eigenvalue weighted by atomic mass is 10.3. The third kappa shape index (κ3) is 1.71. The lowest BCUT2D eigenvalue weighted by Gasteiger charge is -1.81. The van der Waals surface area contributed by atoms with Gasteiger partial charge in [-0.15, -0.1) is 15.7 Å². The first-order valence-electron chi connectivity index (χ1n) is 6.26. The van der Waals surface area contributed by atoms with Crippen LogP contribution in [0.4, 0.5) is 0 Å². The van der Waals surface area contributed by atoms with Crippen LogP contribution >= 0.6 is 22.7 Å². The number of aromatic amines is 1. The van der Waals surface area contributed by atoms with Crippen LogP contribution in [-0.2, 0) is 0 Å². The fourth-order valence-corrected chi connectivity index (χ4v) is 4.24. The van der Waals surface area contributed by atoms with E-state index >= 15 is 0 Å². The van der Waals surface area contributed by atoms with Crippen molar-refractivity contribution in [2.24, 2.45) is 0 Å². The van der Waals surface area contributed by atoms with Crippen LogP contribution in [0.1, 0.15) is 9.75 Å². The van der Waals surface area contributed by atoms with Gasteiger partial charge in [0.15, 0.2) is 11.0 Å². The molecule has 5 heteroatoms. The van der Waals surface area contributed by atoms with E-state index in [2.05, 4.69) is 24.0 Å². The summed E-state index contributed by atoms with van der Waals surface area (Å²) in [5.41, 5.74) is 1.98. The summed E-state index contributed by atoms with van der Waals surface area (Å²) in [6, 6.07) is 12.0. The van der Waals surface area contributed by atoms with Crippen LogP contribution in [0.15, 0.2) is 41.2 Å². The Bertz CT molecular complexity index is 1040. The fraction of sp³-hybridized carbons (Fsp3) is 0.0667. The number of imidazole rings is 1. The number of H-pyrrole nitrogens is 1. The van der Waals surface area contributed by atoms with Gasteiger partial charge in [0.1, 0.15) is 4.53 Å². The number of benzene rings is 1. The molecule has 0 saturated heterocycles. The average molecular weight is 299 g/mol. The van der Waals surface area contributed by atoms with E-state index in [1.165, 1.54) is 16.2 Å². The first kappa shape index (κ1) is 11.8. The van der Waals surface area contributed by atoms with Gasteiger partial charge in [-0.2, -0.15) is 0 Å². The zero-order valence-electron chi connectivity index (χ0n) is 10.7. The minimum absolute atomic E-state index is 0.0495. The zero-order chi connectivity index (χ0) is 13.7. The van der Waals surface area contributed by atoms with Crippen LogP contribution in [0.3, 0.4) is 0 Å². The maximum atomic E-state index is 12.5. The van der Waals surface area contributed by atoms with Gasteiger partial charge in [0, 0.05) is 9.75 Å². The summed E-state index contributed by atoms with van der Waals surface area (Å²) in [6.45, 7) is 2.07. The van der Waals surface area contributed by atoms with E-state index in [0.29, 0.717) is 0 Å². The molecule has 3 aromatic heterocycles. The fourth-order valence-electron chi connectivity index (χ4n) is 2.34. The Balaban J connectivity index is 2.05. The highest BCUT2D eigenvalue weighted by Gasteiger charge is 2.17. The molecule has 0 aliphatic carbocycles. The molecule has 98 valence electrons. The molecule has 0 saturated carbocycles. The van der Waals surface area contributed by atoms with Crippen molar-refractivity contribution in [3.8, 4) is 0 Å². The first-order chi connectivity index (χ1) is 9.72. The quantitative estimate of drug-likeness (QED) is 0.531. The largest absolute Gasteiger partial charge is 0.357 e. The van der Waals surface area contributed by atoms with Gasteiger partial charge in [-0.25, -0.2) is 9.78 Å². The predicted molar refractivity (Wildman–Crippen MR) is 83.4 cm³/mol. The molecule has 0 unspecified atom stereocenters. The number of para-hydroxylation sites is 2. The molecule has 0 aliphatic rings. The van der Waals surface area contributed by atoms with E-state index in [1.807, 2.05) is 30.3 Å². The number of thiophene rings is 1. The molecular formula is C15H11N2OS2+. The maximum absolute atomic E-state index is 12.5. The molecule has 0 fully saturated rings. The molecule has 0 amide bonds. The van der Waals surface area contributed by atoms with Gasteiger partial charge in [-0.1, -0.05) is 12.1 Å². The van der Waals surface area contributed by atoms with Crippen molar-refractivity contribution in [3.63, 3.8) is 0 Å². The Morgan fingerprint density at radius 3 is 2.80 bits per heavy atom. The van der Waals surface area contributed by atoms with Crippen molar-refractivity contribution in [2.45, 2.75) is 6.92 Å². The minimum atomic E-state index is 0.0495. The minimum Gasteiger partial charge on any atom is -0.239 e. The van der Waals surface area contributed by atoms with Gasteiger partial charge in [-0.3, -0.25) is 0 Å². The summed E-state index contributed by atoms with van der Waals surface area (Å²) in [4.78, 5) is 19.1. The highest BCUT2D eigenvalue weighted by molar-refractivity contribution is 7.15. The van der Waals surface area contributed by atoms with E-state index in [1.54, 1.807) is 15.7 Å². The second-order valence-electron chi connectivity index (χ2n) is 4.65. The number of hydrogen-bond donors (Lipinski definition) is 0. The summed E-state index contributed by atoms with van der Waals surface area (Å²) in [7, 11) is 0. The van der Waals surface area contributed by atoms with Gasteiger partial charge in [0.2, 0.25) is 0 Å². The Morgan fingerprint density at radius 2 is 2.00 bits per heavy atom. The summed E-state index contributed by atoms with van der Waals surface area (Å²) in [5.74, 6) is 0. The summed E-state index contributed by atoms with van der Waals surface area (Å²) >= 11 is 3.20. The van der Waals surface area contributed by atoms with Crippen LogP contribution < -0.4 is 15.1 Å². The molecule has 3 heterocycles. The molecule has 0 aliphatic heterocycles. The standard InChI is InChI=1S/C15H10N2OS2/c1-9-6-7-10(19-9)8-13-14(18)17-12-5-3-2-4-11(12)16-15(17)20-13/h2-8H,1H3/p+1. The summed E-state index contributed by atoms with van der Waals surface area (Å²) < 4.78 is 2.52. The highest BCUT2D eigenvalue weighted by Crippen LogP contribution is 2.16. The normalized spacial score (nSPS) is 12.8. The van der Waals surface area contributed by atoms with E-state index in [9.17, 15) is 4.79 Å². The van der Waals surface area contributed by atoms with Crippen LogP contribution in [-0.4, -0.2) is 4.40 Å². The molecule has 4 aromatic rings. The van der Waals surface area contributed by atoms with Gasteiger partial charge in [0.25, 0.3) is 0 Å². The van der Waals surface area contributed by atoms with Crippen molar-refractivity contribution in [3.05, 3.63) is 61.0 Å². The van der Waals surface area contributed by atoms with Crippen LogP contribution in [0, 0.1) is 6.92 Å². The topological polar surface area (TPSA) is 35.6 Å². The lowest BCUT2D eigenvalue weighted by Crippen LogP contribution is -2.22. The number of nitrogens with one attached hydrogen (secondary N) is 1. The Hall–Kier alpha value is -1.98. The number of nitrogens with zero attached hydrogens (tertiary/aromatic N) is 1. The monoisotopic (exact) mass is 299 g/mol.